The Bertz CT molecular complexity index is 1120. The molecule has 0 fully saturated rings. The molecule has 4 aromatic rings. The van der Waals surface area contributed by atoms with Crippen molar-refractivity contribution in [3.05, 3.63) is 77.2 Å². The fourth-order valence-corrected chi connectivity index (χ4v) is 3.63. The quantitative estimate of drug-likeness (QED) is 0.511. The molecule has 1 amide bonds. The topological polar surface area (TPSA) is 51.2 Å². The molecular weight excluding hydrogens is 356 g/mol. The third-order valence-corrected chi connectivity index (χ3v) is 5.14. The predicted molar refractivity (Wildman–Crippen MR) is 111 cm³/mol. The maximum atomic E-state index is 12.8. The average molecular weight is 374 g/mol. The van der Waals surface area contributed by atoms with Crippen LogP contribution < -0.4 is 10.1 Å². The molecule has 3 aromatic carbocycles. The summed E-state index contributed by atoms with van der Waals surface area (Å²) in [7, 11) is 1.57. The zero-order valence-corrected chi connectivity index (χ0v) is 15.8. The first-order valence-corrected chi connectivity index (χ1v) is 9.43. The highest BCUT2D eigenvalue weighted by Gasteiger charge is 2.15. The molecule has 0 spiro atoms. The number of carbonyl (C=O) groups is 1. The number of aromatic nitrogens is 1. The molecule has 0 saturated carbocycles. The number of thiazole rings is 1. The molecule has 1 N–H and O–H groups in total. The van der Waals surface area contributed by atoms with Crippen molar-refractivity contribution in [3.8, 4) is 17.0 Å². The third kappa shape index (κ3) is 3.55. The molecule has 0 aliphatic heterocycles. The molecule has 4 nitrogen and oxygen atoms in total. The number of amides is 1. The molecule has 0 saturated heterocycles. The predicted octanol–water partition coefficient (Wildman–Crippen LogP) is 5.53. The molecule has 0 aliphatic rings. The summed E-state index contributed by atoms with van der Waals surface area (Å²) in [4.78, 5) is 17.3. The smallest absolute Gasteiger partial charge is 0.261 e. The number of nitrogens with zero attached hydrogens (tertiary/aromatic N) is 1. The summed E-state index contributed by atoms with van der Waals surface area (Å²) in [5.41, 5.74) is 3.57. The first-order valence-electron chi connectivity index (χ1n) is 8.55. The minimum absolute atomic E-state index is 0.234. The monoisotopic (exact) mass is 374 g/mol. The molecule has 0 bridgehead atoms. The van der Waals surface area contributed by atoms with Crippen LogP contribution in [-0.4, -0.2) is 18.0 Å². The fourth-order valence-electron chi connectivity index (χ4n) is 2.92. The van der Waals surface area contributed by atoms with Gasteiger partial charge in [0.2, 0.25) is 0 Å². The van der Waals surface area contributed by atoms with Crippen LogP contribution in [0.1, 0.15) is 15.9 Å². The molecule has 0 unspecified atom stereocenters. The van der Waals surface area contributed by atoms with Crippen molar-refractivity contribution in [1.29, 1.82) is 0 Å². The molecular formula is C22H18N2O2S. The molecule has 134 valence electrons. The van der Waals surface area contributed by atoms with Crippen LogP contribution in [0.3, 0.4) is 0 Å². The van der Waals surface area contributed by atoms with E-state index >= 15 is 0 Å². The number of hydrogen-bond acceptors (Lipinski definition) is 4. The van der Waals surface area contributed by atoms with E-state index in [4.69, 9.17) is 4.74 Å². The van der Waals surface area contributed by atoms with Gasteiger partial charge < -0.3 is 4.74 Å². The van der Waals surface area contributed by atoms with Crippen LogP contribution in [-0.2, 0) is 0 Å². The zero-order chi connectivity index (χ0) is 18.8. The van der Waals surface area contributed by atoms with Gasteiger partial charge in [-0.15, -0.1) is 11.3 Å². The lowest BCUT2D eigenvalue weighted by molar-refractivity contribution is 0.102. The minimum atomic E-state index is -0.234. The summed E-state index contributed by atoms with van der Waals surface area (Å²) in [6.45, 7) is 2.05. The first kappa shape index (κ1) is 17.2. The van der Waals surface area contributed by atoms with E-state index in [0.29, 0.717) is 16.4 Å². The summed E-state index contributed by atoms with van der Waals surface area (Å²) < 4.78 is 5.42. The summed E-state index contributed by atoms with van der Waals surface area (Å²) in [5.74, 6) is 0.309. The standard InChI is InChI=1S/C22H18N2O2S/c1-14-7-9-15(10-8-14)19-13-27-22(23-19)24-21(25)18-11-16-5-3-4-6-17(16)12-20(18)26-2/h3-13H,1-2H3,(H,23,24,25). The lowest BCUT2D eigenvalue weighted by atomic mass is 10.1. The van der Waals surface area contributed by atoms with Crippen molar-refractivity contribution in [1.82, 2.24) is 4.98 Å². The molecule has 0 radical (unpaired) electrons. The number of hydrogen-bond donors (Lipinski definition) is 1. The summed E-state index contributed by atoms with van der Waals surface area (Å²) in [6.07, 6.45) is 0. The van der Waals surface area contributed by atoms with E-state index in [-0.39, 0.29) is 5.91 Å². The van der Waals surface area contributed by atoms with Gasteiger partial charge in [-0.25, -0.2) is 4.98 Å². The van der Waals surface area contributed by atoms with Gasteiger partial charge in [-0.1, -0.05) is 54.1 Å². The van der Waals surface area contributed by atoms with E-state index in [2.05, 4.69) is 10.3 Å². The van der Waals surface area contributed by atoms with Crippen LogP contribution in [0.25, 0.3) is 22.0 Å². The maximum Gasteiger partial charge on any atom is 0.261 e. The van der Waals surface area contributed by atoms with Crippen LogP contribution >= 0.6 is 11.3 Å². The summed E-state index contributed by atoms with van der Waals surface area (Å²) in [6, 6.07) is 19.8. The van der Waals surface area contributed by atoms with Crippen molar-refractivity contribution in [2.45, 2.75) is 6.92 Å². The molecule has 1 heterocycles. The largest absolute Gasteiger partial charge is 0.496 e. The van der Waals surface area contributed by atoms with Crippen LogP contribution in [0.15, 0.2) is 66.0 Å². The van der Waals surface area contributed by atoms with Crippen LogP contribution in [0.2, 0.25) is 0 Å². The molecule has 1 aromatic heterocycles. The Morgan fingerprint density at radius 3 is 2.44 bits per heavy atom. The molecule has 0 aliphatic carbocycles. The normalized spacial score (nSPS) is 10.7. The van der Waals surface area contributed by atoms with E-state index in [1.165, 1.54) is 16.9 Å². The van der Waals surface area contributed by atoms with Gasteiger partial charge in [0.05, 0.1) is 18.4 Å². The fraction of sp³-hybridized carbons (Fsp3) is 0.0909. The number of aryl methyl sites for hydroxylation is 1. The van der Waals surface area contributed by atoms with Crippen molar-refractivity contribution in [3.63, 3.8) is 0 Å². The van der Waals surface area contributed by atoms with E-state index in [1.807, 2.05) is 73.0 Å². The highest BCUT2D eigenvalue weighted by Crippen LogP contribution is 2.29. The van der Waals surface area contributed by atoms with Crippen molar-refractivity contribution < 1.29 is 9.53 Å². The van der Waals surface area contributed by atoms with E-state index in [0.717, 1.165) is 22.0 Å². The Morgan fingerprint density at radius 2 is 1.74 bits per heavy atom. The van der Waals surface area contributed by atoms with Gasteiger partial charge in [0.1, 0.15) is 5.75 Å². The number of carbonyl (C=O) groups excluding carboxylic acids is 1. The Labute approximate surface area is 161 Å². The van der Waals surface area contributed by atoms with Gasteiger partial charge in [-0.3, -0.25) is 10.1 Å². The van der Waals surface area contributed by atoms with Gasteiger partial charge in [0.15, 0.2) is 5.13 Å². The molecule has 27 heavy (non-hydrogen) atoms. The third-order valence-electron chi connectivity index (χ3n) is 4.38. The SMILES string of the molecule is COc1cc2ccccc2cc1C(=O)Nc1nc(-c2ccc(C)cc2)cs1. The number of benzene rings is 3. The summed E-state index contributed by atoms with van der Waals surface area (Å²) in [5, 5.41) is 7.41. The Morgan fingerprint density at radius 1 is 1.04 bits per heavy atom. The van der Waals surface area contributed by atoms with E-state index in [1.54, 1.807) is 7.11 Å². The Kier molecular flexibility index (Phi) is 4.60. The molecule has 0 atom stereocenters. The lowest BCUT2D eigenvalue weighted by Crippen LogP contribution is -2.13. The second-order valence-corrected chi connectivity index (χ2v) is 7.12. The van der Waals surface area contributed by atoms with E-state index < -0.39 is 0 Å². The number of nitrogens with one attached hydrogen (secondary N) is 1. The van der Waals surface area contributed by atoms with Crippen LogP contribution in [0.4, 0.5) is 5.13 Å². The van der Waals surface area contributed by atoms with Crippen molar-refractivity contribution in [2.75, 3.05) is 12.4 Å². The number of methoxy groups -OCH3 is 1. The van der Waals surface area contributed by atoms with Crippen molar-refractivity contribution in [2.24, 2.45) is 0 Å². The average Bonchev–Trinajstić information content (AvgIpc) is 3.15. The lowest BCUT2D eigenvalue weighted by Gasteiger charge is -2.10. The highest BCUT2D eigenvalue weighted by atomic mass is 32.1. The van der Waals surface area contributed by atoms with Gasteiger partial charge in [0, 0.05) is 10.9 Å². The number of rotatable bonds is 4. The second-order valence-electron chi connectivity index (χ2n) is 6.26. The van der Waals surface area contributed by atoms with Crippen LogP contribution in [0.5, 0.6) is 5.75 Å². The van der Waals surface area contributed by atoms with Gasteiger partial charge in [-0.2, -0.15) is 0 Å². The van der Waals surface area contributed by atoms with Gasteiger partial charge in [0.25, 0.3) is 5.91 Å². The number of ether oxygens (including phenoxy) is 1. The Hall–Kier alpha value is -3.18. The second kappa shape index (κ2) is 7.21. The number of fused-ring (bicyclic) bond motifs is 1. The number of anilines is 1. The van der Waals surface area contributed by atoms with E-state index in [9.17, 15) is 4.79 Å². The van der Waals surface area contributed by atoms with Crippen LogP contribution in [0, 0.1) is 6.92 Å². The Balaban J connectivity index is 1.61. The molecule has 4 rings (SSSR count). The highest BCUT2D eigenvalue weighted by molar-refractivity contribution is 7.14. The van der Waals surface area contributed by atoms with Gasteiger partial charge >= 0.3 is 0 Å². The summed E-state index contributed by atoms with van der Waals surface area (Å²) >= 11 is 1.40. The minimum Gasteiger partial charge on any atom is -0.496 e. The first-order chi connectivity index (χ1) is 13.1. The van der Waals surface area contributed by atoms with Gasteiger partial charge in [-0.05, 0) is 29.8 Å². The van der Waals surface area contributed by atoms with Crippen molar-refractivity contribution >= 4 is 33.1 Å². The zero-order valence-electron chi connectivity index (χ0n) is 15.0. The maximum absolute atomic E-state index is 12.8. The molecule has 5 heteroatoms.